The van der Waals surface area contributed by atoms with Crippen molar-refractivity contribution in [3.05, 3.63) is 35.9 Å². The number of benzene rings is 1. The normalized spacial score (nSPS) is 13.6. The molecule has 1 N–H and O–H groups in total. The van der Waals surface area contributed by atoms with Crippen molar-refractivity contribution in [1.29, 1.82) is 0 Å². The minimum absolute atomic E-state index is 0.00338. The van der Waals surface area contributed by atoms with Gasteiger partial charge in [-0.25, -0.2) is 0 Å². The Balaban J connectivity index is 2.15. The molecule has 1 aromatic rings. The zero-order valence-corrected chi connectivity index (χ0v) is 9.28. The van der Waals surface area contributed by atoms with E-state index in [0.717, 1.165) is 0 Å². The Morgan fingerprint density at radius 2 is 1.82 bits per heavy atom. The summed E-state index contributed by atoms with van der Waals surface area (Å²) in [5.41, 5.74) is 0.698. The van der Waals surface area contributed by atoms with E-state index in [1.54, 1.807) is 24.3 Å². The van der Waals surface area contributed by atoms with Gasteiger partial charge in [0, 0.05) is 13.0 Å². The third-order valence-electron chi connectivity index (χ3n) is 2.21. The average Bonchev–Trinajstić information content (AvgIpc) is 2.28. The monoisotopic (exact) mass is 248 g/mol. The van der Waals surface area contributed by atoms with Crippen LogP contribution in [0.5, 0.6) is 0 Å². The summed E-state index contributed by atoms with van der Waals surface area (Å²) in [6.45, 7) is 0.0191. The molecule has 2 nitrogen and oxygen atoms in total. The van der Waals surface area contributed by atoms with Crippen LogP contribution in [-0.4, -0.2) is 24.5 Å². The lowest BCUT2D eigenvalue weighted by Crippen LogP contribution is -2.11. The number of hydrogen-bond acceptors (Lipinski definition) is 2. The zero-order chi connectivity index (χ0) is 12.7. The van der Waals surface area contributed by atoms with Gasteiger partial charge in [0.05, 0.1) is 6.61 Å². The van der Waals surface area contributed by atoms with Crippen LogP contribution < -0.4 is 0 Å². The van der Waals surface area contributed by atoms with Gasteiger partial charge in [-0.3, -0.25) is 0 Å². The smallest absolute Gasteiger partial charge is 0.386 e. The lowest BCUT2D eigenvalue weighted by Gasteiger charge is -2.12. The second kappa shape index (κ2) is 6.61. The molecular formula is C12H15F3O2. The average molecular weight is 248 g/mol. The number of halogens is 3. The molecule has 1 unspecified atom stereocenters. The first-order valence-electron chi connectivity index (χ1n) is 5.36. The van der Waals surface area contributed by atoms with Crippen LogP contribution in [0.1, 0.15) is 24.5 Å². The van der Waals surface area contributed by atoms with Crippen molar-refractivity contribution in [2.45, 2.75) is 25.1 Å². The highest BCUT2D eigenvalue weighted by Gasteiger charge is 2.25. The molecule has 0 spiro atoms. The van der Waals surface area contributed by atoms with Crippen LogP contribution in [0.2, 0.25) is 0 Å². The SMILES string of the molecule is OC(COCCCC(F)(F)F)c1ccccc1. The van der Waals surface area contributed by atoms with Gasteiger partial charge >= 0.3 is 6.18 Å². The largest absolute Gasteiger partial charge is 0.389 e. The fraction of sp³-hybridized carbons (Fsp3) is 0.500. The number of ether oxygens (including phenoxy) is 1. The summed E-state index contributed by atoms with van der Waals surface area (Å²) in [6.07, 6.45) is -5.86. The Kier molecular flexibility index (Phi) is 5.44. The van der Waals surface area contributed by atoms with Crippen molar-refractivity contribution in [1.82, 2.24) is 0 Å². The molecular weight excluding hydrogens is 233 g/mol. The molecule has 0 amide bonds. The van der Waals surface area contributed by atoms with Crippen molar-refractivity contribution in [3.8, 4) is 0 Å². The zero-order valence-electron chi connectivity index (χ0n) is 9.28. The minimum Gasteiger partial charge on any atom is -0.386 e. The Morgan fingerprint density at radius 3 is 2.41 bits per heavy atom. The van der Waals surface area contributed by atoms with Crippen LogP contribution in [0.25, 0.3) is 0 Å². The molecule has 1 atom stereocenters. The van der Waals surface area contributed by atoms with Gasteiger partial charge in [-0.15, -0.1) is 0 Å². The van der Waals surface area contributed by atoms with E-state index in [9.17, 15) is 18.3 Å². The summed E-state index contributed by atoms with van der Waals surface area (Å²) in [7, 11) is 0. The molecule has 0 aliphatic rings. The van der Waals surface area contributed by atoms with E-state index in [1.165, 1.54) is 0 Å². The highest BCUT2D eigenvalue weighted by atomic mass is 19.4. The summed E-state index contributed by atoms with van der Waals surface area (Å²) >= 11 is 0. The first-order chi connectivity index (χ1) is 7.99. The van der Waals surface area contributed by atoms with Gasteiger partial charge in [0.25, 0.3) is 0 Å². The molecule has 17 heavy (non-hydrogen) atoms. The van der Waals surface area contributed by atoms with Crippen molar-refractivity contribution in [2.75, 3.05) is 13.2 Å². The predicted octanol–water partition coefficient (Wildman–Crippen LogP) is 3.08. The van der Waals surface area contributed by atoms with Gasteiger partial charge in [0.2, 0.25) is 0 Å². The van der Waals surface area contributed by atoms with E-state index in [-0.39, 0.29) is 19.6 Å². The number of hydrogen-bond donors (Lipinski definition) is 1. The Hall–Kier alpha value is -1.07. The van der Waals surface area contributed by atoms with E-state index in [0.29, 0.717) is 5.56 Å². The van der Waals surface area contributed by atoms with Crippen molar-refractivity contribution < 1.29 is 23.0 Å². The molecule has 0 aliphatic heterocycles. The van der Waals surface area contributed by atoms with Gasteiger partial charge in [-0.1, -0.05) is 30.3 Å². The summed E-state index contributed by atoms with van der Waals surface area (Å²) < 4.78 is 40.4. The topological polar surface area (TPSA) is 29.5 Å². The first-order valence-corrected chi connectivity index (χ1v) is 5.36. The second-order valence-corrected chi connectivity index (χ2v) is 3.72. The van der Waals surface area contributed by atoms with Crippen molar-refractivity contribution >= 4 is 0 Å². The van der Waals surface area contributed by atoms with Gasteiger partial charge in [-0.2, -0.15) is 13.2 Å². The Bertz CT molecular complexity index is 311. The molecule has 96 valence electrons. The fourth-order valence-corrected chi connectivity index (χ4v) is 1.34. The summed E-state index contributed by atoms with van der Waals surface area (Å²) in [5, 5.41) is 9.63. The lowest BCUT2D eigenvalue weighted by molar-refractivity contribution is -0.138. The molecule has 0 radical (unpaired) electrons. The molecule has 0 saturated heterocycles. The predicted molar refractivity (Wildman–Crippen MR) is 57.5 cm³/mol. The van der Waals surface area contributed by atoms with Crippen LogP contribution >= 0.6 is 0 Å². The third kappa shape index (κ3) is 6.28. The number of rotatable bonds is 6. The number of aliphatic hydroxyl groups is 1. The van der Waals surface area contributed by atoms with Crippen molar-refractivity contribution in [3.63, 3.8) is 0 Å². The highest BCUT2D eigenvalue weighted by molar-refractivity contribution is 5.17. The van der Waals surface area contributed by atoms with Crippen molar-refractivity contribution in [2.24, 2.45) is 0 Å². The number of alkyl halides is 3. The second-order valence-electron chi connectivity index (χ2n) is 3.72. The minimum atomic E-state index is -4.14. The van der Waals surface area contributed by atoms with Crippen LogP contribution in [0.4, 0.5) is 13.2 Å². The van der Waals surface area contributed by atoms with Crippen LogP contribution in [0, 0.1) is 0 Å². The third-order valence-corrected chi connectivity index (χ3v) is 2.21. The lowest BCUT2D eigenvalue weighted by atomic mass is 10.1. The van der Waals surface area contributed by atoms with Gasteiger partial charge in [0.15, 0.2) is 0 Å². The van der Waals surface area contributed by atoms with Crippen LogP contribution in [0.3, 0.4) is 0 Å². The molecule has 0 bridgehead atoms. The molecule has 0 aliphatic carbocycles. The summed E-state index contributed by atoms with van der Waals surface area (Å²) in [5.74, 6) is 0. The first kappa shape index (κ1) is 14.0. The fourth-order valence-electron chi connectivity index (χ4n) is 1.34. The van der Waals surface area contributed by atoms with E-state index in [1.807, 2.05) is 6.07 Å². The maximum absolute atomic E-state index is 11.8. The molecule has 0 fully saturated rings. The van der Waals surface area contributed by atoms with E-state index >= 15 is 0 Å². The quantitative estimate of drug-likeness (QED) is 0.784. The molecule has 5 heteroatoms. The van der Waals surface area contributed by atoms with Gasteiger partial charge < -0.3 is 9.84 Å². The van der Waals surface area contributed by atoms with Gasteiger partial charge in [0.1, 0.15) is 6.10 Å². The Morgan fingerprint density at radius 1 is 1.18 bits per heavy atom. The van der Waals surface area contributed by atoms with Crippen LogP contribution in [-0.2, 0) is 4.74 Å². The van der Waals surface area contributed by atoms with Gasteiger partial charge in [-0.05, 0) is 12.0 Å². The molecule has 0 heterocycles. The van der Waals surface area contributed by atoms with E-state index in [4.69, 9.17) is 4.74 Å². The molecule has 1 rings (SSSR count). The van der Waals surface area contributed by atoms with E-state index in [2.05, 4.69) is 0 Å². The van der Waals surface area contributed by atoms with E-state index < -0.39 is 18.7 Å². The standard InChI is InChI=1S/C12H15F3O2/c13-12(14,15)7-4-8-17-9-11(16)10-5-2-1-3-6-10/h1-3,5-6,11,16H,4,7-9H2. The number of aliphatic hydroxyl groups excluding tert-OH is 1. The summed E-state index contributed by atoms with van der Waals surface area (Å²) in [6, 6.07) is 8.86. The Labute approximate surface area is 98.0 Å². The molecule has 0 aromatic heterocycles. The maximum Gasteiger partial charge on any atom is 0.389 e. The molecule has 1 aromatic carbocycles. The maximum atomic E-state index is 11.8. The molecule has 0 saturated carbocycles. The summed E-state index contributed by atoms with van der Waals surface area (Å²) in [4.78, 5) is 0. The highest BCUT2D eigenvalue weighted by Crippen LogP contribution is 2.21. The van der Waals surface area contributed by atoms with Crippen LogP contribution in [0.15, 0.2) is 30.3 Å².